The summed E-state index contributed by atoms with van der Waals surface area (Å²) in [5.74, 6) is 0.888. The molecule has 33 heavy (non-hydrogen) atoms. The first-order valence-electron chi connectivity index (χ1n) is 11.9. The lowest BCUT2D eigenvalue weighted by molar-refractivity contribution is -0.114. The molecule has 5 nitrogen and oxygen atoms in total. The fraction of sp³-hybridized carbons (Fsp3) is 0.462. The average molecular weight is 468 g/mol. The lowest BCUT2D eigenvalue weighted by Crippen LogP contribution is -2.46. The Morgan fingerprint density at radius 2 is 2.09 bits per heavy atom. The molecule has 2 aromatic carbocycles. The fourth-order valence-corrected chi connectivity index (χ4v) is 6.70. The van der Waals surface area contributed by atoms with E-state index in [0.717, 1.165) is 39.0 Å². The molecule has 0 bridgehead atoms. The Labute approximate surface area is 198 Å². The molecule has 0 aliphatic carbocycles. The molecule has 0 aromatic heterocycles. The first-order valence-corrected chi connectivity index (χ1v) is 12.8. The number of likely N-dealkylation sites (tertiary alicyclic amines) is 1. The predicted octanol–water partition coefficient (Wildman–Crippen LogP) is 4.92. The van der Waals surface area contributed by atoms with E-state index in [-0.39, 0.29) is 17.4 Å². The van der Waals surface area contributed by atoms with Gasteiger partial charge in [0.2, 0.25) is 5.91 Å². The first-order chi connectivity index (χ1) is 16.0. The van der Waals surface area contributed by atoms with Crippen molar-refractivity contribution in [3.05, 3.63) is 53.3 Å². The van der Waals surface area contributed by atoms with Gasteiger partial charge in [-0.25, -0.2) is 4.39 Å². The van der Waals surface area contributed by atoms with Crippen LogP contribution in [-0.2, 0) is 4.79 Å². The maximum atomic E-state index is 13.6. The SMILES string of the molecule is CC(=O)Nc1cc(F)ccc1C(=O)CCCN1CC[C@H]2[C@@H](C1)c1cccc3c1N2CCCS3. The van der Waals surface area contributed by atoms with E-state index >= 15 is 0 Å². The zero-order chi connectivity index (χ0) is 22.9. The zero-order valence-electron chi connectivity index (χ0n) is 19.0. The van der Waals surface area contributed by atoms with Gasteiger partial charge < -0.3 is 15.1 Å². The van der Waals surface area contributed by atoms with Crippen molar-refractivity contribution in [1.82, 2.24) is 4.90 Å². The highest BCUT2D eigenvalue weighted by molar-refractivity contribution is 7.99. The van der Waals surface area contributed by atoms with Crippen LogP contribution >= 0.6 is 11.8 Å². The molecule has 7 heteroatoms. The maximum absolute atomic E-state index is 13.6. The minimum absolute atomic E-state index is 0.0603. The number of nitrogens with zero attached hydrogens (tertiary/aromatic N) is 2. The number of piperidine rings is 1. The van der Waals surface area contributed by atoms with Crippen molar-refractivity contribution in [2.45, 2.75) is 49.5 Å². The summed E-state index contributed by atoms with van der Waals surface area (Å²) in [6, 6.07) is 11.3. The second kappa shape index (κ2) is 9.47. The molecular weight excluding hydrogens is 437 g/mol. The van der Waals surface area contributed by atoms with Gasteiger partial charge in [-0.15, -0.1) is 11.8 Å². The largest absolute Gasteiger partial charge is 0.367 e. The predicted molar refractivity (Wildman–Crippen MR) is 131 cm³/mol. The zero-order valence-corrected chi connectivity index (χ0v) is 19.8. The lowest BCUT2D eigenvalue weighted by atomic mass is 9.89. The average Bonchev–Trinajstić information content (AvgIpc) is 2.94. The molecule has 0 radical (unpaired) electrons. The third kappa shape index (κ3) is 4.53. The van der Waals surface area contributed by atoms with Crippen LogP contribution in [0.2, 0.25) is 0 Å². The van der Waals surface area contributed by atoms with Gasteiger partial charge in [0, 0.05) is 55.4 Å². The van der Waals surface area contributed by atoms with Crippen molar-refractivity contribution in [3.63, 3.8) is 0 Å². The highest BCUT2D eigenvalue weighted by Crippen LogP contribution is 2.50. The van der Waals surface area contributed by atoms with Crippen LogP contribution in [0.25, 0.3) is 0 Å². The summed E-state index contributed by atoms with van der Waals surface area (Å²) in [5.41, 5.74) is 3.61. The Hall–Kier alpha value is -2.38. The topological polar surface area (TPSA) is 52.7 Å². The Morgan fingerprint density at radius 3 is 2.94 bits per heavy atom. The number of carbonyl (C=O) groups excluding carboxylic acids is 2. The molecule has 0 saturated carbocycles. The van der Waals surface area contributed by atoms with Crippen LogP contribution in [-0.4, -0.2) is 54.6 Å². The standard InChI is InChI=1S/C26H30FN3O2S/c1-17(31)28-22-15-18(27)8-9-20(22)24(32)6-3-11-29-13-10-23-21(16-29)19-5-2-7-25-26(19)30(23)12-4-14-33-25/h2,5,7-9,15,21,23H,3-4,6,10-14,16H2,1H3,(H,28,31)/t21-,23-/m0/s1. The van der Waals surface area contributed by atoms with Crippen molar-refractivity contribution in [2.75, 3.05) is 42.1 Å². The van der Waals surface area contributed by atoms with E-state index in [4.69, 9.17) is 0 Å². The number of benzene rings is 2. The molecule has 3 heterocycles. The molecule has 2 atom stereocenters. The summed E-state index contributed by atoms with van der Waals surface area (Å²) in [6.07, 6.45) is 3.52. The molecule has 2 aromatic rings. The summed E-state index contributed by atoms with van der Waals surface area (Å²) >= 11 is 1.99. The molecule has 3 aliphatic rings. The van der Waals surface area contributed by atoms with E-state index in [0.29, 0.717) is 23.9 Å². The van der Waals surface area contributed by atoms with E-state index in [1.165, 1.54) is 53.4 Å². The number of halogens is 1. The number of anilines is 2. The van der Waals surface area contributed by atoms with E-state index in [2.05, 4.69) is 33.3 Å². The van der Waals surface area contributed by atoms with Gasteiger partial charge in [-0.05, 0) is 61.4 Å². The van der Waals surface area contributed by atoms with Crippen LogP contribution in [0.15, 0.2) is 41.3 Å². The number of rotatable bonds is 6. The normalized spacial score (nSPS) is 21.8. The molecule has 1 N–H and O–H groups in total. The Kier molecular flexibility index (Phi) is 6.43. The second-order valence-corrected chi connectivity index (χ2v) is 10.4. The van der Waals surface area contributed by atoms with Gasteiger partial charge in [-0.1, -0.05) is 12.1 Å². The number of thioether (sulfide) groups is 1. The van der Waals surface area contributed by atoms with Crippen LogP contribution in [0.5, 0.6) is 0 Å². The third-order valence-corrected chi connectivity index (χ3v) is 8.18. The highest BCUT2D eigenvalue weighted by atomic mass is 32.2. The van der Waals surface area contributed by atoms with Crippen LogP contribution in [0.3, 0.4) is 0 Å². The number of ketones is 1. The Morgan fingerprint density at radius 1 is 1.21 bits per heavy atom. The third-order valence-electron chi connectivity index (χ3n) is 7.05. The van der Waals surface area contributed by atoms with Crippen molar-refractivity contribution in [2.24, 2.45) is 0 Å². The number of para-hydroxylation sites is 1. The maximum Gasteiger partial charge on any atom is 0.221 e. The van der Waals surface area contributed by atoms with E-state index in [1.807, 2.05) is 11.8 Å². The first kappa shape index (κ1) is 22.4. The molecule has 0 spiro atoms. The number of carbonyl (C=O) groups is 2. The van der Waals surface area contributed by atoms with Crippen molar-refractivity contribution < 1.29 is 14.0 Å². The number of amides is 1. The molecule has 1 fully saturated rings. The van der Waals surface area contributed by atoms with Crippen LogP contribution < -0.4 is 10.2 Å². The summed E-state index contributed by atoms with van der Waals surface area (Å²) in [4.78, 5) is 30.8. The summed E-state index contributed by atoms with van der Waals surface area (Å²) in [5, 5.41) is 2.58. The molecule has 1 saturated heterocycles. The number of fused-ring (bicyclic) bond motifs is 3. The number of Topliss-reactive ketones (excluding diaryl/α,β-unsaturated/α-hetero) is 1. The smallest absolute Gasteiger partial charge is 0.221 e. The highest BCUT2D eigenvalue weighted by Gasteiger charge is 2.43. The van der Waals surface area contributed by atoms with Crippen molar-refractivity contribution in [3.8, 4) is 0 Å². The van der Waals surface area contributed by atoms with Gasteiger partial charge in [0.1, 0.15) is 5.82 Å². The molecular formula is C26H30FN3O2S. The monoisotopic (exact) mass is 467 g/mol. The van der Waals surface area contributed by atoms with Gasteiger partial charge in [-0.2, -0.15) is 0 Å². The molecule has 5 rings (SSSR count). The van der Waals surface area contributed by atoms with Gasteiger partial charge in [-0.3, -0.25) is 9.59 Å². The lowest BCUT2D eigenvalue weighted by Gasteiger charge is -2.39. The summed E-state index contributed by atoms with van der Waals surface area (Å²) in [7, 11) is 0. The summed E-state index contributed by atoms with van der Waals surface area (Å²) in [6.45, 7) is 5.46. The number of nitrogens with one attached hydrogen (secondary N) is 1. The van der Waals surface area contributed by atoms with Crippen molar-refractivity contribution in [1.29, 1.82) is 0 Å². The molecule has 1 amide bonds. The van der Waals surface area contributed by atoms with Gasteiger partial charge in [0.15, 0.2) is 5.78 Å². The quantitative estimate of drug-likeness (QED) is 0.611. The molecule has 0 unspecified atom stereocenters. The van der Waals surface area contributed by atoms with Gasteiger partial charge in [0.25, 0.3) is 0 Å². The van der Waals surface area contributed by atoms with E-state index < -0.39 is 5.82 Å². The second-order valence-electron chi connectivity index (χ2n) is 9.25. The van der Waals surface area contributed by atoms with E-state index in [9.17, 15) is 14.0 Å². The summed E-state index contributed by atoms with van der Waals surface area (Å²) < 4.78 is 13.6. The Bertz CT molecular complexity index is 1080. The molecule has 174 valence electrons. The minimum Gasteiger partial charge on any atom is -0.367 e. The minimum atomic E-state index is -0.467. The molecule has 3 aliphatic heterocycles. The van der Waals surface area contributed by atoms with Gasteiger partial charge in [0.05, 0.1) is 11.4 Å². The number of hydrogen-bond donors (Lipinski definition) is 1. The fourth-order valence-electron chi connectivity index (χ4n) is 5.66. The number of hydrogen-bond acceptors (Lipinski definition) is 5. The van der Waals surface area contributed by atoms with Crippen molar-refractivity contribution >= 4 is 34.8 Å². The van der Waals surface area contributed by atoms with Crippen LogP contribution in [0.1, 0.15) is 54.4 Å². The van der Waals surface area contributed by atoms with Gasteiger partial charge >= 0.3 is 0 Å². The van der Waals surface area contributed by atoms with E-state index in [1.54, 1.807) is 0 Å². The van der Waals surface area contributed by atoms with Crippen LogP contribution in [0.4, 0.5) is 15.8 Å². The van der Waals surface area contributed by atoms with Crippen LogP contribution in [0, 0.1) is 5.82 Å². The Balaban J connectivity index is 1.21.